The van der Waals surface area contributed by atoms with E-state index in [1.54, 1.807) is 42.7 Å². The second-order valence-electron chi connectivity index (χ2n) is 5.40. The summed E-state index contributed by atoms with van der Waals surface area (Å²) < 4.78 is 6.68. The number of amides is 1. The van der Waals surface area contributed by atoms with Gasteiger partial charge >= 0.3 is 0 Å². The quantitative estimate of drug-likeness (QED) is 0.537. The van der Waals surface area contributed by atoms with Crippen molar-refractivity contribution in [3.63, 3.8) is 0 Å². The highest BCUT2D eigenvalue weighted by Crippen LogP contribution is 2.26. The van der Waals surface area contributed by atoms with Gasteiger partial charge in [-0.1, -0.05) is 15.9 Å². The number of nitrogens with one attached hydrogen (secondary N) is 1. The Morgan fingerprint density at radius 3 is 2.52 bits per heavy atom. The zero-order chi connectivity index (χ0) is 17.2. The average molecular weight is 394 g/mol. The molecule has 2 heterocycles. The van der Waals surface area contributed by atoms with Crippen molar-refractivity contribution in [3.8, 4) is 11.5 Å². The molecule has 2 aromatic carbocycles. The number of hydrogen-bond donors (Lipinski definition) is 1. The van der Waals surface area contributed by atoms with E-state index < -0.39 is 0 Å². The van der Waals surface area contributed by atoms with Crippen LogP contribution < -0.4 is 5.32 Å². The molecule has 0 spiro atoms. The van der Waals surface area contributed by atoms with Crippen molar-refractivity contribution in [2.24, 2.45) is 0 Å². The third-order valence-electron chi connectivity index (χ3n) is 3.68. The van der Waals surface area contributed by atoms with Crippen molar-refractivity contribution >= 4 is 38.6 Å². The second-order valence-corrected chi connectivity index (χ2v) is 6.31. The molecule has 25 heavy (non-hydrogen) atoms. The molecule has 2 aromatic heterocycles. The van der Waals surface area contributed by atoms with Crippen LogP contribution in [0.2, 0.25) is 0 Å². The molecule has 0 unspecified atom stereocenters. The van der Waals surface area contributed by atoms with Crippen LogP contribution in [0.1, 0.15) is 10.4 Å². The van der Waals surface area contributed by atoms with Gasteiger partial charge in [-0.25, -0.2) is 4.98 Å². The largest absolute Gasteiger partial charge is 0.436 e. The predicted molar refractivity (Wildman–Crippen MR) is 99.3 cm³/mol. The van der Waals surface area contributed by atoms with Crippen molar-refractivity contribution in [2.45, 2.75) is 0 Å². The number of halogens is 1. The SMILES string of the molecule is O=C(Nc1ccc2oc(-c3ccncc3)nc2c1)c1ccc(Br)cc1. The molecular formula is C19H12BrN3O2. The minimum Gasteiger partial charge on any atom is -0.436 e. The first kappa shape index (κ1) is 15.5. The second kappa shape index (κ2) is 6.49. The normalized spacial score (nSPS) is 10.8. The van der Waals surface area contributed by atoms with Crippen LogP contribution in [0, 0.1) is 0 Å². The third-order valence-corrected chi connectivity index (χ3v) is 4.21. The van der Waals surface area contributed by atoms with Crippen LogP contribution in [0.25, 0.3) is 22.6 Å². The molecular weight excluding hydrogens is 382 g/mol. The number of carbonyl (C=O) groups excluding carboxylic acids is 1. The first-order valence-corrected chi connectivity index (χ1v) is 8.36. The molecule has 0 aliphatic heterocycles. The monoisotopic (exact) mass is 393 g/mol. The molecule has 1 N–H and O–H groups in total. The Morgan fingerprint density at radius 1 is 1.00 bits per heavy atom. The number of benzene rings is 2. The summed E-state index contributed by atoms with van der Waals surface area (Å²) in [6, 6.07) is 16.2. The van der Waals surface area contributed by atoms with Gasteiger partial charge in [0.25, 0.3) is 5.91 Å². The van der Waals surface area contributed by atoms with Crippen LogP contribution in [0.3, 0.4) is 0 Å². The summed E-state index contributed by atoms with van der Waals surface area (Å²) in [5.74, 6) is 0.346. The summed E-state index contributed by atoms with van der Waals surface area (Å²) in [7, 11) is 0. The maximum absolute atomic E-state index is 12.3. The summed E-state index contributed by atoms with van der Waals surface area (Å²) in [5.41, 5.74) is 3.44. The minimum absolute atomic E-state index is 0.176. The molecule has 0 atom stereocenters. The van der Waals surface area contributed by atoms with Gasteiger partial charge in [0.15, 0.2) is 5.58 Å². The van der Waals surface area contributed by atoms with Crippen molar-refractivity contribution < 1.29 is 9.21 Å². The van der Waals surface area contributed by atoms with Gasteiger partial charge in [0.05, 0.1) is 0 Å². The van der Waals surface area contributed by atoms with Gasteiger partial charge in [0, 0.05) is 33.7 Å². The van der Waals surface area contributed by atoms with Crippen molar-refractivity contribution in [1.82, 2.24) is 9.97 Å². The van der Waals surface area contributed by atoms with Crippen LogP contribution in [0.15, 0.2) is 75.9 Å². The van der Waals surface area contributed by atoms with Crippen molar-refractivity contribution in [3.05, 3.63) is 77.0 Å². The smallest absolute Gasteiger partial charge is 0.255 e. The van der Waals surface area contributed by atoms with Crippen LogP contribution in [0.5, 0.6) is 0 Å². The number of anilines is 1. The van der Waals surface area contributed by atoms with Crippen LogP contribution in [-0.2, 0) is 0 Å². The van der Waals surface area contributed by atoms with E-state index >= 15 is 0 Å². The van der Waals surface area contributed by atoms with Crippen molar-refractivity contribution in [2.75, 3.05) is 5.32 Å². The molecule has 4 rings (SSSR count). The molecule has 0 fully saturated rings. The Balaban J connectivity index is 1.61. The number of carbonyl (C=O) groups is 1. The first-order chi connectivity index (χ1) is 12.2. The molecule has 122 valence electrons. The van der Waals surface area contributed by atoms with E-state index in [9.17, 15) is 4.79 Å². The van der Waals surface area contributed by atoms with E-state index in [1.807, 2.05) is 24.3 Å². The fourth-order valence-corrected chi connectivity index (χ4v) is 2.69. The lowest BCUT2D eigenvalue weighted by Gasteiger charge is -2.05. The summed E-state index contributed by atoms with van der Waals surface area (Å²) in [6.45, 7) is 0. The Morgan fingerprint density at radius 2 is 1.76 bits per heavy atom. The van der Waals surface area contributed by atoms with E-state index in [2.05, 4.69) is 31.2 Å². The lowest BCUT2D eigenvalue weighted by atomic mass is 10.2. The van der Waals surface area contributed by atoms with E-state index in [0.29, 0.717) is 28.2 Å². The van der Waals surface area contributed by atoms with Crippen molar-refractivity contribution in [1.29, 1.82) is 0 Å². The molecule has 0 aliphatic rings. The predicted octanol–water partition coefficient (Wildman–Crippen LogP) is 4.90. The van der Waals surface area contributed by atoms with Crippen LogP contribution >= 0.6 is 15.9 Å². The van der Waals surface area contributed by atoms with Gasteiger partial charge in [0.1, 0.15) is 5.52 Å². The number of fused-ring (bicyclic) bond motifs is 1. The standard InChI is InChI=1S/C19H12BrN3O2/c20-14-3-1-12(2-4-14)18(24)22-15-5-6-17-16(11-15)23-19(25-17)13-7-9-21-10-8-13/h1-11H,(H,22,24). The molecule has 0 saturated carbocycles. The number of rotatable bonds is 3. The maximum atomic E-state index is 12.3. The fourth-order valence-electron chi connectivity index (χ4n) is 2.43. The Labute approximate surface area is 151 Å². The lowest BCUT2D eigenvalue weighted by Crippen LogP contribution is -2.11. The Bertz CT molecular complexity index is 1040. The van der Waals surface area contributed by atoms with Gasteiger partial charge in [-0.15, -0.1) is 0 Å². The summed E-state index contributed by atoms with van der Waals surface area (Å²) >= 11 is 3.36. The average Bonchev–Trinajstić information content (AvgIpc) is 3.06. The Kier molecular flexibility index (Phi) is 4.03. The van der Waals surface area contributed by atoms with E-state index in [1.165, 1.54) is 0 Å². The summed E-state index contributed by atoms with van der Waals surface area (Å²) in [6.07, 6.45) is 3.38. The first-order valence-electron chi connectivity index (χ1n) is 7.57. The molecule has 1 amide bonds. The molecule has 0 saturated heterocycles. The zero-order valence-corrected chi connectivity index (χ0v) is 14.5. The topological polar surface area (TPSA) is 68.0 Å². The fraction of sp³-hybridized carbons (Fsp3) is 0. The van der Waals surface area contributed by atoms with Gasteiger partial charge in [-0.2, -0.15) is 0 Å². The Hall–Kier alpha value is -2.99. The van der Waals surface area contributed by atoms with E-state index in [0.717, 1.165) is 10.0 Å². The third kappa shape index (κ3) is 3.29. The highest BCUT2D eigenvalue weighted by molar-refractivity contribution is 9.10. The zero-order valence-electron chi connectivity index (χ0n) is 12.9. The molecule has 6 heteroatoms. The van der Waals surface area contributed by atoms with Gasteiger partial charge in [-0.05, 0) is 54.6 Å². The molecule has 5 nitrogen and oxygen atoms in total. The number of pyridine rings is 1. The number of nitrogens with zero attached hydrogens (tertiary/aromatic N) is 2. The highest BCUT2D eigenvalue weighted by atomic mass is 79.9. The van der Waals surface area contributed by atoms with Gasteiger partial charge in [-0.3, -0.25) is 9.78 Å². The maximum Gasteiger partial charge on any atom is 0.255 e. The van der Waals surface area contributed by atoms with Gasteiger partial charge in [0.2, 0.25) is 5.89 Å². The highest BCUT2D eigenvalue weighted by Gasteiger charge is 2.10. The van der Waals surface area contributed by atoms with E-state index in [4.69, 9.17) is 4.42 Å². The number of aromatic nitrogens is 2. The molecule has 4 aromatic rings. The van der Waals surface area contributed by atoms with Gasteiger partial charge < -0.3 is 9.73 Å². The summed E-state index contributed by atoms with van der Waals surface area (Å²) in [4.78, 5) is 20.8. The number of oxazole rings is 1. The lowest BCUT2D eigenvalue weighted by molar-refractivity contribution is 0.102. The number of hydrogen-bond acceptors (Lipinski definition) is 4. The minimum atomic E-state index is -0.176. The molecule has 0 bridgehead atoms. The van der Waals surface area contributed by atoms with E-state index in [-0.39, 0.29) is 5.91 Å². The summed E-state index contributed by atoms with van der Waals surface area (Å²) in [5, 5.41) is 2.87. The van der Waals surface area contributed by atoms with Crippen LogP contribution in [0.4, 0.5) is 5.69 Å². The molecule has 0 aliphatic carbocycles. The molecule has 0 radical (unpaired) electrons. The van der Waals surface area contributed by atoms with Crippen LogP contribution in [-0.4, -0.2) is 15.9 Å².